The maximum atomic E-state index is 11.1. The molecule has 114 valence electrons. The van der Waals surface area contributed by atoms with E-state index >= 15 is 0 Å². The van der Waals surface area contributed by atoms with Crippen molar-refractivity contribution >= 4 is 25.2 Å². The molecule has 0 aromatic heterocycles. The summed E-state index contributed by atoms with van der Waals surface area (Å²) in [5, 5.41) is 11.1. The van der Waals surface area contributed by atoms with Crippen LogP contribution in [0, 0.1) is 10.1 Å². The first-order valence-electron chi connectivity index (χ1n) is 6.37. The van der Waals surface area contributed by atoms with E-state index in [4.69, 9.17) is 9.26 Å². The number of benzene rings is 2. The molecule has 0 saturated carbocycles. The molecule has 1 atom stereocenters. The highest BCUT2D eigenvalue weighted by atomic mass is 32.7. The molecule has 1 unspecified atom stereocenters. The van der Waals surface area contributed by atoms with Crippen LogP contribution in [0.1, 0.15) is 6.92 Å². The standard InChI is InChI=1S/C14H12NO5PS/c1-2-19-14-9-10(7-8-13(14)20-21(18)22)11-5-3-4-6-12(11)15(16)17/h3-9H,2H2,1H3/p+1. The highest BCUT2D eigenvalue weighted by molar-refractivity contribution is 8.39. The van der Waals surface area contributed by atoms with Gasteiger partial charge in [0.05, 0.1) is 17.1 Å². The molecule has 0 saturated heterocycles. The van der Waals surface area contributed by atoms with Gasteiger partial charge in [-0.25, -0.2) is 4.52 Å². The Hall–Kier alpha value is -2.11. The second-order valence-corrected chi connectivity index (χ2v) is 5.84. The van der Waals surface area contributed by atoms with Crippen molar-refractivity contribution in [2.75, 3.05) is 6.61 Å². The van der Waals surface area contributed by atoms with Crippen LogP contribution in [0.5, 0.6) is 11.5 Å². The molecule has 0 amide bonds. The molecule has 0 aliphatic carbocycles. The van der Waals surface area contributed by atoms with Gasteiger partial charge in [-0.15, -0.1) is 0 Å². The van der Waals surface area contributed by atoms with Crippen LogP contribution in [-0.4, -0.2) is 11.5 Å². The average Bonchev–Trinajstić information content (AvgIpc) is 2.49. The molecule has 2 aromatic carbocycles. The van der Waals surface area contributed by atoms with E-state index in [9.17, 15) is 14.7 Å². The number of hydrogen-bond acceptors (Lipinski definition) is 5. The molecule has 6 nitrogen and oxygen atoms in total. The second-order valence-electron chi connectivity index (χ2n) is 4.20. The second kappa shape index (κ2) is 7.24. The lowest BCUT2D eigenvalue weighted by atomic mass is 10.0. The van der Waals surface area contributed by atoms with Crippen molar-refractivity contribution < 1.29 is 18.7 Å². The first kappa shape index (κ1) is 16.3. The van der Waals surface area contributed by atoms with Gasteiger partial charge in [0.25, 0.3) is 5.69 Å². The smallest absolute Gasteiger partial charge is 0.490 e. The van der Waals surface area contributed by atoms with Crippen molar-refractivity contribution in [1.29, 1.82) is 0 Å². The zero-order chi connectivity index (χ0) is 16.1. The van der Waals surface area contributed by atoms with E-state index in [1.54, 1.807) is 43.3 Å². The minimum Gasteiger partial charge on any atom is -0.490 e. The molecule has 0 heterocycles. The third-order valence-electron chi connectivity index (χ3n) is 2.83. The highest BCUT2D eigenvalue weighted by Gasteiger charge is 2.20. The van der Waals surface area contributed by atoms with Gasteiger partial charge in [-0.2, -0.15) is 0 Å². The van der Waals surface area contributed by atoms with Crippen molar-refractivity contribution in [3.8, 4) is 22.6 Å². The first-order chi connectivity index (χ1) is 10.5. The summed E-state index contributed by atoms with van der Waals surface area (Å²) >= 11 is 3.71. The largest absolute Gasteiger partial charge is 0.631 e. The van der Waals surface area contributed by atoms with Gasteiger partial charge in [-0.3, -0.25) is 10.1 Å². The van der Waals surface area contributed by atoms with Gasteiger partial charge in [-0.05, 0) is 41.3 Å². The normalized spacial score (nSPS) is 10.9. The van der Waals surface area contributed by atoms with Crippen LogP contribution in [0.4, 0.5) is 5.69 Å². The van der Waals surface area contributed by atoms with E-state index in [1.807, 2.05) is 0 Å². The van der Waals surface area contributed by atoms with Crippen LogP contribution < -0.4 is 9.26 Å². The number of nitro groups is 1. The van der Waals surface area contributed by atoms with Gasteiger partial charge in [-0.1, -0.05) is 12.1 Å². The monoisotopic (exact) mass is 338 g/mol. The maximum absolute atomic E-state index is 11.1. The zero-order valence-corrected chi connectivity index (χ0v) is 13.4. The fourth-order valence-corrected chi connectivity index (χ4v) is 2.56. The third-order valence-corrected chi connectivity index (χ3v) is 3.43. The zero-order valence-electron chi connectivity index (χ0n) is 11.6. The molecule has 0 aliphatic rings. The summed E-state index contributed by atoms with van der Waals surface area (Å²) in [6.07, 6.45) is 0. The fourth-order valence-electron chi connectivity index (χ4n) is 1.98. The number of para-hydroxylation sites is 1. The molecule has 0 aliphatic heterocycles. The lowest BCUT2D eigenvalue weighted by Crippen LogP contribution is -1.96. The Morgan fingerprint density at radius 3 is 2.59 bits per heavy atom. The topological polar surface area (TPSA) is 78.7 Å². The average molecular weight is 338 g/mol. The van der Waals surface area contributed by atoms with Gasteiger partial charge in [0.1, 0.15) is 0 Å². The molecule has 8 heteroatoms. The van der Waals surface area contributed by atoms with Crippen LogP contribution in [-0.2, 0) is 4.57 Å². The van der Waals surface area contributed by atoms with Crippen molar-refractivity contribution in [2.45, 2.75) is 6.92 Å². The molecule has 0 spiro atoms. The summed E-state index contributed by atoms with van der Waals surface area (Å²) in [5.74, 6) is 0.635. The van der Waals surface area contributed by atoms with Crippen LogP contribution >= 0.6 is 19.5 Å². The number of hydrogen-bond donors (Lipinski definition) is 1. The lowest BCUT2D eigenvalue weighted by molar-refractivity contribution is -0.384. The molecule has 0 N–H and O–H groups in total. The number of ether oxygens (including phenoxy) is 1. The van der Waals surface area contributed by atoms with E-state index in [0.717, 1.165) is 0 Å². The Morgan fingerprint density at radius 2 is 1.95 bits per heavy atom. The quantitative estimate of drug-likeness (QED) is 0.360. The Labute approximate surface area is 133 Å². The van der Waals surface area contributed by atoms with E-state index in [0.29, 0.717) is 23.5 Å². The van der Waals surface area contributed by atoms with Crippen molar-refractivity contribution in [3.63, 3.8) is 0 Å². The molecule has 2 rings (SSSR count). The maximum Gasteiger partial charge on any atom is 0.631 e. The van der Waals surface area contributed by atoms with Crippen LogP contribution in [0.25, 0.3) is 11.1 Å². The van der Waals surface area contributed by atoms with Gasteiger partial charge in [0.15, 0.2) is 18.0 Å². The van der Waals surface area contributed by atoms with Crippen molar-refractivity contribution in [3.05, 3.63) is 52.6 Å². The SMILES string of the molecule is CCOc1cc(-c2ccccc2[N+](=O)[O-])ccc1O[P+](=O)S. The number of nitro benzene ring substituents is 1. The number of thiol groups is 1. The predicted octanol–water partition coefficient (Wildman–Crippen LogP) is 4.63. The Kier molecular flexibility index (Phi) is 5.35. The third kappa shape index (κ3) is 3.75. The van der Waals surface area contributed by atoms with Gasteiger partial charge in [0, 0.05) is 6.07 Å². The Bertz CT molecular complexity index is 722. The van der Waals surface area contributed by atoms with Gasteiger partial charge in [0.2, 0.25) is 5.75 Å². The number of nitrogens with zero attached hydrogens (tertiary/aromatic N) is 1. The molecule has 0 bridgehead atoms. The molecular formula is C14H13NO5PS+. The summed E-state index contributed by atoms with van der Waals surface area (Å²) in [5.41, 5.74) is 1.08. The van der Waals surface area contributed by atoms with Crippen molar-refractivity contribution in [1.82, 2.24) is 0 Å². The predicted molar refractivity (Wildman–Crippen MR) is 86.9 cm³/mol. The van der Waals surface area contributed by atoms with Gasteiger partial charge >= 0.3 is 7.23 Å². The molecule has 0 fully saturated rings. The van der Waals surface area contributed by atoms with E-state index in [1.165, 1.54) is 6.07 Å². The van der Waals surface area contributed by atoms with Crippen LogP contribution in [0.3, 0.4) is 0 Å². The molecule has 0 radical (unpaired) electrons. The summed E-state index contributed by atoms with van der Waals surface area (Å²) in [6.45, 7) is 2.17. The summed E-state index contributed by atoms with van der Waals surface area (Å²) < 4.78 is 21.6. The summed E-state index contributed by atoms with van der Waals surface area (Å²) in [6, 6.07) is 11.2. The molecule has 2 aromatic rings. The van der Waals surface area contributed by atoms with E-state index in [2.05, 4.69) is 12.2 Å². The molecule has 22 heavy (non-hydrogen) atoms. The fraction of sp³-hybridized carbons (Fsp3) is 0.143. The lowest BCUT2D eigenvalue weighted by Gasteiger charge is -2.09. The summed E-state index contributed by atoms with van der Waals surface area (Å²) in [4.78, 5) is 10.7. The first-order valence-corrected chi connectivity index (χ1v) is 8.70. The van der Waals surface area contributed by atoms with Crippen LogP contribution in [0.2, 0.25) is 0 Å². The van der Waals surface area contributed by atoms with Crippen LogP contribution in [0.15, 0.2) is 42.5 Å². The Balaban J connectivity index is 2.51. The van der Waals surface area contributed by atoms with Gasteiger partial charge < -0.3 is 4.74 Å². The minimum absolute atomic E-state index is 0.00103. The Morgan fingerprint density at radius 1 is 1.23 bits per heavy atom. The van der Waals surface area contributed by atoms with Crippen molar-refractivity contribution in [2.24, 2.45) is 0 Å². The van der Waals surface area contributed by atoms with E-state index in [-0.39, 0.29) is 11.4 Å². The number of rotatable bonds is 6. The minimum atomic E-state index is -2.13. The highest BCUT2D eigenvalue weighted by Crippen LogP contribution is 2.40. The van der Waals surface area contributed by atoms with E-state index < -0.39 is 12.2 Å². The summed E-state index contributed by atoms with van der Waals surface area (Å²) in [7, 11) is -2.13. The molecular weight excluding hydrogens is 325 g/mol.